The summed E-state index contributed by atoms with van der Waals surface area (Å²) in [6.45, 7) is 3.53. The van der Waals surface area contributed by atoms with Crippen LogP contribution in [0.4, 0.5) is 0 Å². The molecule has 0 aliphatic carbocycles. The van der Waals surface area contributed by atoms with Gasteiger partial charge < -0.3 is 15.5 Å². The molecule has 7 heteroatoms. The highest BCUT2D eigenvalue weighted by atomic mass is 35.5. The van der Waals surface area contributed by atoms with Crippen LogP contribution in [0.2, 0.25) is 5.02 Å². The minimum Gasteiger partial charge on any atom is -0.356 e. The maximum atomic E-state index is 12.2. The van der Waals surface area contributed by atoms with E-state index in [9.17, 15) is 4.79 Å². The largest absolute Gasteiger partial charge is 0.356 e. The van der Waals surface area contributed by atoms with Crippen LogP contribution in [-0.4, -0.2) is 75.0 Å². The molecule has 1 aromatic rings. The van der Waals surface area contributed by atoms with Crippen molar-refractivity contribution < 1.29 is 4.79 Å². The molecule has 2 N–H and O–H groups in total. The molecule has 1 unspecified atom stereocenters. The standard InChI is InChI=1S/C20H32ClN5O/c1-22-20(24-13-11-16-8-4-5-9-17(16)21)23-12-7-15-26-14-6-10-18(26)19(27)25(2)3/h4-5,8-9,18H,6-7,10-15H2,1-3H3,(H2,22,23,24). The number of guanidine groups is 1. The highest BCUT2D eigenvalue weighted by Crippen LogP contribution is 2.18. The van der Waals surface area contributed by atoms with Gasteiger partial charge in [0, 0.05) is 45.8 Å². The van der Waals surface area contributed by atoms with Gasteiger partial charge in [-0.05, 0) is 43.9 Å². The van der Waals surface area contributed by atoms with E-state index in [-0.39, 0.29) is 11.9 Å². The number of likely N-dealkylation sites (N-methyl/N-ethyl adjacent to an activating group) is 1. The molecule has 1 aliphatic heterocycles. The lowest BCUT2D eigenvalue weighted by Crippen LogP contribution is -2.44. The SMILES string of the molecule is CN=C(NCCCN1CCCC1C(=O)N(C)C)NCCc1ccccc1Cl. The Balaban J connectivity index is 1.66. The van der Waals surface area contributed by atoms with Gasteiger partial charge in [-0.2, -0.15) is 0 Å². The molecule has 150 valence electrons. The molecule has 0 radical (unpaired) electrons. The average molecular weight is 394 g/mol. The van der Waals surface area contributed by atoms with Crippen molar-refractivity contribution in [1.29, 1.82) is 0 Å². The zero-order valence-electron chi connectivity index (χ0n) is 16.7. The molecule has 0 saturated carbocycles. The normalized spacial score (nSPS) is 17.8. The number of hydrogen-bond donors (Lipinski definition) is 2. The Labute approximate surface area is 168 Å². The topological polar surface area (TPSA) is 60.0 Å². The van der Waals surface area contributed by atoms with Crippen LogP contribution in [0.3, 0.4) is 0 Å². The summed E-state index contributed by atoms with van der Waals surface area (Å²) in [6, 6.07) is 7.95. The smallest absolute Gasteiger partial charge is 0.239 e. The number of halogens is 1. The van der Waals surface area contributed by atoms with E-state index in [1.807, 2.05) is 38.4 Å². The predicted octanol–water partition coefficient (Wildman–Crippen LogP) is 1.99. The van der Waals surface area contributed by atoms with Crippen molar-refractivity contribution in [2.24, 2.45) is 4.99 Å². The van der Waals surface area contributed by atoms with E-state index in [0.717, 1.165) is 68.4 Å². The lowest BCUT2D eigenvalue weighted by Gasteiger charge is -2.26. The average Bonchev–Trinajstić information content (AvgIpc) is 3.12. The van der Waals surface area contributed by atoms with E-state index in [2.05, 4.69) is 20.5 Å². The second-order valence-corrected chi connectivity index (χ2v) is 7.45. The van der Waals surface area contributed by atoms with Crippen LogP contribution < -0.4 is 10.6 Å². The van der Waals surface area contributed by atoms with Crippen LogP contribution in [0.1, 0.15) is 24.8 Å². The number of carbonyl (C=O) groups excluding carboxylic acids is 1. The number of nitrogens with one attached hydrogen (secondary N) is 2. The summed E-state index contributed by atoms with van der Waals surface area (Å²) in [5.74, 6) is 1.02. The van der Waals surface area contributed by atoms with Crippen LogP contribution in [-0.2, 0) is 11.2 Å². The molecule has 1 saturated heterocycles. The zero-order valence-corrected chi connectivity index (χ0v) is 17.4. The highest BCUT2D eigenvalue weighted by Gasteiger charge is 2.30. The number of benzene rings is 1. The van der Waals surface area contributed by atoms with Crippen molar-refractivity contribution in [3.63, 3.8) is 0 Å². The van der Waals surface area contributed by atoms with Crippen LogP contribution in [0.25, 0.3) is 0 Å². The molecule has 2 rings (SSSR count). The Kier molecular flexibility index (Phi) is 8.88. The third kappa shape index (κ3) is 6.70. The number of carbonyl (C=O) groups is 1. The first-order chi connectivity index (χ1) is 13.0. The Bertz CT molecular complexity index is 635. The quantitative estimate of drug-likeness (QED) is 0.403. The van der Waals surface area contributed by atoms with Gasteiger partial charge in [-0.3, -0.25) is 14.7 Å². The van der Waals surface area contributed by atoms with E-state index in [1.165, 1.54) is 0 Å². The van der Waals surface area contributed by atoms with Crippen molar-refractivity contribution in [3.8, 4) is 0 Å². The van der Waals surface area contributed by atoms with Gasteiger partial charge in [0.1, 0.15) is 0 Å². The van der Waals surface area contributed by atoms with Gasteiger partial charge in [-0.15, -0.1) is 0 Å². The van der Waals surface area contributed by atoms with E-state index < -0.39 is 0 Å². The maximum Gasteiger partial charge on any atom is 0.239 e. The molecule has 1 heterocycles. The molecule has 27 heavy (non-hydrogen) atoms. The number of nitrogens with zero attached hydrogens (tertiary/aromatic N) is 3. The Morgan fingerprint density at radius 3 is 2.74 bits per heavy atom. The molecular formula is C20H32ClN5O. The maximum absolute atomic E-state index is 12.2. The molecule has 1 fully saturated rings. The van der Waals surface area contributed by atoms with Crippen molar-refractivity contribution in [3.05, 3.63) is 34.9 Å². The van der Waals surface area contributed by atoms with E-state index >= 15 is 0 Å². The molecular weight excluding hydrogens is 362 g/mol. The Morgan fingerprint density at radius 2 is 2.04 bits per heavy atom. The molecule has 1 atom stereocenters. The fourth-order valence-corrected chi connectivity index (χ4v) is 3.63. The Morgan fingerprint density at radius 1 is 1.30 bits per heavy atom. The first-order valence-electron chi connectivity index (χ1n) is 9.66. The number of hydrogen-bond acceptors (Lipinski definition) is 3. The molecule has 1 amide bonds. The monoisotopic (exact) mass is 393 g/mol. The third-order valence-electron chi connectivity index (χ3n) is 4.87. The first kappa shape index (κ1) is 21.5. The fourth-order valence-electron chi connectivity index (χ4n) is 3.40. The van der Waals surface area contributed by atoms with Crippen molar-refractivity contribution in [1.82, 2.24) is 20.4 Å². The van der Waals surface area contributed by atoms with Gasteiger partial charge >= 0.3 is 0 Å². The summed E-state index contributed by atoms with van der Waals surface area (Å²) in [7, 11) is 5.44. The molecule has 0 bridgehead atoms. The number of amides is 1. The summed E-state index contributed by atoms with van der Waals surface area (Å²) < 4.78 is 0. The van der Waals surface area contributed by atoms with Crippen molar-refractivity contribution >= 4 is 23.5 Å². The van der Waals surface area contributed by atoms with Crippen molar-refractivity contribution in [2.45, 2.75) is 31.7 Å². The number of rotatable bonds is 8. The molecule has 1 aliphatic rings. The lowest BCUT2D eigenvalue weighted by atomic mass is 10.1. The van der Waals surface area contributed by atoms with Gasteiger partial charge in [-0.25, -0.2) is 0 Å². The predicted molar refractivity (Wildman–Crippen MR) is 112 cm³/mol. The van der Waals surface area contributed by atoms with Gasteiger partial charge in [0.2, 0.25) is 5.91 Å². The summed E-state index contributed by atoms with van der Waals surface area (Å²) in [4.78, 5) is 20.5. The van der Waals surface area contributed by atoms with E-state index in [0.29, 0.717) is 0 Å². The van der Waals surface area contributed by atoms with Gasteiger partial charge in [-0.1, -0.05) is 29.8 Å². The first-order valence-corrected chi connectivity index (χ1v) is 10.0. The molecule has 1 aromatic carbocycles. The Hall–Kier alpha value is -1.79. The minimum absolute atomic E-state index is 0.0491. The minimum atomic E-state index is 0.0491. The molecule has 0 spiro atoms. The van der Waals surface area contributed by atoms with E-state index in [1.54, 1.807) is 11.9 Å². The molecule has 6 nitrogen and oxygen atoms in total. The third-order valence-corrected chi connectivity index (χ3v) is 5.24. The summed E-state index contributed by atoms with van der Waals surface area (Å²) in [6.07, 6.45) is 3.89. The van der Waals surface area contributed by atoms with Gasteiger partial charge in [0.05, 0.1) is 6.04 Å². The number of aliphatic imine (C=N–C) groups is 1. The summed E-state index contributed by atoms with van der Waals surface area (Å²) in [5.41, 5.74) is 1.13. The van der Waals surface area contributed by atoms with Crippen LogP contribution >= 0.6 is 11.6 Å². The van der Waals surface area contributed by atoms with Crippen LogP contribution in [0, 0.1) is 0 Å². The highest BCUT2D eigenvalue weighted by molar-refractivity contribution is 6.31. The van der Waals surface area contributed by atoms with Gasteiger partial charge in [0.25, 0.3) is 0 Å². The summed E-state index contributed by atoms with van der Waals surface area (Å²) >= 11 is 6.19. The molecule has 0 aromatic heterocycles. The van der Waals surface area contributed by atoms with Crippen LogP contribution in [0.15, 0.2) is 29.3 Å². The van der Waals surface area contributed by atoms with Crippen LogP contribution in [0.5, 0.6) is 0 Å². The number of likely N-dealkylation sites (tertiary alicyclic amines) is 1. The van der Waals surface area contributed by atoms with Gasteiger partial charge in [0.15, 0.2) is 5.96 Å². The second-order valence-electron chi connectivity index (χ2n) is 7.05. The van der Waals surface area contributed by atoms with Crippen molar-refractivity contribution in [2.75, 3.05) is 47.3 Å². The summed E-state index contributed by atoms with van der Waals surface area (Å²) in [5, 5.41) is 7.47. The second kappa shape index (κ2) is 11.1. The lowest BCUT2D eigenvalue weighted by molar-refractivity contribution is -0.133. The zero-order chi connectivity index (χ0) is 19.6. The van der Waals surface area contributed by atoms with E-state index in [4.69, 9.17) is 11.6 Å². The fraction of sp³-hybridized carbons (Fsp3) is 0.600.